The lowest BCUT2D eigenvalue weighted by Gasteiger charge is -2.17. The molecule has 8 heteroatoms. The van der Waals surface area contributed by atoms with Gasteiger partial charge in [0.2, 0.25) is 5.91 Å². The Bertz CT molecular complexity index is 825. The molecular weight excluding hydrogens is 330 g/mol. The number of rotatable bonds is 6. The maximum atomic E-state index is 12.7. The van der Waals surface area contributed by atoms with Gasteiger partial charge in [-0.25, -0.2) is 9.78 Å². The molecule has 0 saturated heterocycles. The number of esters is 1. The molecular formula is C16H21N3O4S. The van der Waals surface area contributed by atoms with Crippen molar-refractivity contribution in [1.29, 1.82) is 0 Å². The van der Waals surface area contributed by atoms with Crippen LogP contribution in [0.25, 0.3) is 10.2 Å². The summed E-state index contributed by atoms with van der Waals surface area (Å²) in [4.78, 5) is 43.3. The van der Waals surface area contributed by atoms with E-state index in [1.54, 1.807) is 18.9 Å². The number of aryl methyl sites for hydroxylation is 1. The maximum absolute atomic E-state index is 12.7. The summed E-state index contributed by atoms with van der Waals surface area (Å²) in [6, 6.07) is 0. The molecule has 0 aromatic carbocycles. The fourth-order valence-corrected chi connectivity index (χ4v) is 3.40. The van der Waals surface area contributed by atoms with Crippen molar-refractivity contribution in [3.8, 4) is 0 Å². The molecule has 1 amide bonds. The number of likely N-dealkylation sites (N-methyl/N-ethyl adjacent to an activating group) is 1. The number of fused-ring (bicyclic) bond motifs is 1. The largest absolute Gasteiger partial charge is 0.465 e. The molecule has 2 aromatic heterocycles. The van der Waals surface area contributed by atoms with E-state index in [4.69, 9.17) is 4.74 Å². The Labute approximate surface area is 143 Å². The van der Waals surface area contributed by atoms with Crippen molar-refractivity contribution in [3.63, 3.8) is 0 Å². The first kappa shape index (κ1) is 18.1. The summed E-state index contributed by atoms with van der Waals surface area (Å²) >= 11 is 1.12. The van der Waals surface area contributed by atoms with E-state index < -0.39 is 5.97 Å². The molecule has 0 aliphatic heterocycles. The number of ether oxygens (including phenoxy) is 1. The van der Waals surface area contributed by atoms with Crippen LogP contribution in [0.4, 0.5) is 0 Å². The van der Waals surface area contributed by atoms with Gasteiger partial charge in [-0.3, -0.25) is 14.2 Å². The lowest BCUT2D eigenvalue weighted by molar-refractivity contribution is -0.130. The number of carbonyl (C=O) groups is 2. The van der Waals surface area contributed by atoms with Gasteiger partial charge in [0.25, 0.3) is 5.56 Å². The van der Waals surface area contributed by atoms with Gasteiger partial charge in [-0.15, -0.1) is 11.3 Å². The van der Waals surface area contributed by atoms with Crippen molar-refractivity contribution in [2.45, 2.75) is 33.2 Å². The van der Waals surface area contributed by atoms with Crippen LogP contribution in [0.15, 0.2) is 11.1 Å². The van der Waals surface area contributed by atoms with Crippen LogP contribution in [0.5, 0.6) is 0 Å². The van der Waals surface area contributed by atoms with Crippen LogP contribution in [0.2, 0.25) is 0 Å². The summed E-state index contributed by atoms with van der Waals surface area (Å²) in [5.74, 6) is -0.635. The molecule has 2 rings (SSSR count). The fourth-order valence-electron chi connectivity index (χ4n) is 2.35. The third-order valence-electron chi connectivity index (χ3n) is 3.87. The van der Waals surface area contributed by atoms with E-state index in [2.05, 4.69) is 11.9 Å². The Kier molecular flexibility index (Phi) is 5.71. The van der Waals surface area contributed by atoms with Gasteiger partial charge >= 0.3 is 5.97 Å². The first-order valence-corrected chi connectivity index (χ1v) is 8.53. The Morgan fingerprint density at radius 3 is 2.75 bits per heavy atom. The predicted octanol–water partition coefficient (Wildman–Crippen LogP) is 1.81. The zero-order chi connectivity index (χ0) is 17.9. The van der Waals surface area contributed by atoms with Gasteiger partial charge in [0, 0.05) is 13.6 Å². The second-order valence-electron chi connectivity index (χ2n) is 5.57. The van der Waals surface area contributed by atoms with Gasteiger partial charge in [-0.05, 0) is 18.9 Å². The van der Waals surface area contributed by atoms with Crippen LogP contribution >= 0.6 is 11.3 Å². The lowest BCUT2D eigenvalue weighted by atomic mass is 10.2. The SMILES string of the molecule is CCCCN(C)C(=O)Cn1cnc2sc(C(=O)OC)c(C)c2c1=O. The fraction of sp³-hybridized carbons (Fsp3) is 0.500. The Balaban J connectivity index is 2.35. The minimum Gasteiger partial charge on any atom is -0.465 e. The number of amides is 1. The first-order chi connectivity index (χ1) is 11.4. The van der Waals surface area contributed by atoms with Crippen molar-refractivity contribution >= 4 is 33.4 Å². The van der Waals surface area contributed by atoms with E-state index in [1.165, 1.54) is 18.0 Å². The van der Waals surface area contributed by atoms with Gasteiger partial charge in [0.15, 0.2) is 0 Å². The quantitative estimate of drug-likeness (QED) is 0.742. The van der Waals surface area contributed by atoms with Gasteiger partial charge < -0.3 is 9.64 Å². The molecule has 0 saturated carbocycles. The van der Waals surface area contributed by atoms with Crippen LogP contribution in [-0.4, -0.2) is 47.0 Å². The number of carbonyl (C=O) groups excluding carboxylic acids is 2. The van der Waals surface area contributed by atoms with Crippen molar-refractivity contribution in [3.05, 3.63) is 27.1 Å². The minimum absolute atomic E-state index is 0.0647. The molecule has 2 aromatic rings. The summed E-state index contributed by atoms with van der Waals surface area (Å²) in [7, 11) is 3.02. The van der Waals surface area contributed by atoms with Gasteiger partial charge in [-0.1, -0.05) is 13.3 Å². The third kappa shape index (κ3) is 3.48. The topological polar surface area (TPSA) is 81.5 Å². The Hall–Kier alpha value is -2.22. The van der Waals surface area contributed by atoms with Crippen molar-refractivity contribution in [2.75, 3.05) is 20.7 Å². The van der Waals surface area contributed by atoms with Crippen LogP contribution in [0, 0.1) is 6.92 Å². The smallest absolute Gasteiger partial charge is 0.348 e. The van der Waals surface area contributed by atoms with Crippen LogP contribution in [0.3, 0.4) is 0 Å². The zero-order valence-corrected chi connectivity index (χ0v) is 15.1. The number of methoxy groups -OCH3 is 1. The molecule has 0 bridgehead atoms. The van der Waals surface area contributed by atoms with Gasteiger partial charge in [0.1, 0.15) is 16.3 Å². The zero-order valence-electron chi connectivity index (χ0n) is 14.3. The highest BCUT2D eigenvalue weighted by molar-refractivity contribution is 7.20. The molecule has 0 aliphatic rings. The van der Waals surface area contributed by atoms with Crippen molar-refractivity contribution in [2.24, 2.45) is 0 Å². The molecule has 7 nitrogen and oxygen atoms in total. The van der Waals surface area contributed by atoms with Gasteiger partial charge in [-0.2, -0.15) is 0 Å². The van der Waals surface area contributed by atoms with E-state index in [9.17, 15) is 14.4 Å². The van der Waals surface area contributed by atoms with Crippen molar-refractivity contribution < 1.29 is 14.3 Å². The molecule has 0 unspecified atom stereocenters. The second kappa shape index (κ2) is 7.57. The standard InChI is InChI=1S/C16H21N3O4S/c1-5-6-7-18(3)11(20)8-19-9-17-14-12(15(19)21)10(2)13(24-14)16(22)23-4/h9H,5-8H2,1-4H3. The minimum atomic E-state index is -0.489. The molecule has 0 fully saturated rings. The monoisotopic (exact) mass is 351 g/mol. The highest BCUT2D eigenvalue weighted by Gasteiger charge is 2.20. The van der Waals surface area contributed by atoms with Crippen molar-refractivity contribution in [1.82, 2.24) is 14.5 Å². The molecule has 2 heterocycles. The van der Waals surface area contributed by atoms with E-state index in [-0.39, 0.29) is 18.0 Å². The first-order valence-electron chi connectivity index (χ1n) is 7.71. The summed E-state index contributed by atoms with van der Waals surface area (Å²) in [6.07, 6.45) is 3.27. The number of unbranched alkanes of at least 4 members (excludes halogenated alkanes) is 1. The molecule has 0 atom stereocenters. The highest BCUT2D eigenvalue weighted by Crippen LogP contribution is 2.27. The molecule has 0 spiro atoms. The number of aromatic nitrogens is 2. The van der Waals surface area contributed by atoms with Crippen LogP contribution in [0.1, 0.15) is 35.0 Å². The number of thiophene rings is 1. The number of nitrogens with zero attached hydrogens (tertiary/aromatic N) is 3. The average Bonchev–Trinajstić information content (AvgIpc) is 2.91. The van der Waals surface area contributed by atoms with Crippen LogP contribution < -0.4 is 5.56 Å². The number of hydrogen-bond donors (Lipinski definition) is 0. The normalized spacial score (nSPS) is 10.8. The molecule has 24 heavy (non-hydrogen) atoms. The summed E-state index contributed by atoms with van der Waals surface area (Å²) in [6.45, 7) is 4.33. The molecule has 0 N–H and O–H groups in total. The number of hydrogen-bond acceptors (Lipinski definition) is 6. The average molecular weight is 351 g/mol. The highest BCUT2D eigenvalue weighted by atomic mass is 32.1. The van der Waals surface area contributed by atoms with E-state index in [0.717, 1.165) is 24.2 Å². The summed E-state index contributed by atoms with van der Waals surface area (Å²) in [5.41, 5.74) is 0.224. The molecule has 0 radical (unpaired) electrons. The maximum Gasteiger partial charge on any atom is 0.348 e. The molecule has 130 valence electrons. The van der Waals surface area contributed by atoms with E-state index in [1.807, 2.05) is 0 Å². The summed E-state index contributed by atoms with van der Waals surface area (Å²) < 4.78 is 6.01. The molecule has 0 aliphatic carbocycles. The van der Waals surface area contributed by atoms with Crippen LogP contribution in [-0.2, 0) is 16.1 Å². The van der Waals surface area contributed by atoms with E-state index in [0.29, 0.717) is 27.2 Å². The Morgan fingerprint density at radius 2 is 2.12 bits per heavy atom. The second-order valence-corrected chi connectivity index (χ2v) is 6.57. The predicted molar refractivity (Wildman–Crippen MR) is 92.5 cm³/mol. The van der Waals surface area contributed by atoms with E-state index >= 15 is 0 Å². The third-order valence-corrected chi connectivity index (χ3v) is 5.05. The lowest BCUT2D eigenvalue weighted by Crippen LogP contribution is -2.34. The van der Waals surface area contributed by atoms with Gasteiger partial charge in [0.05, 0.1) is 18.8 Å². The summed E-state index contributed by atoms with van der Waals surface area (Å²) in [5, 5.41) is 0.368. The Morgan fingerprint density at radius 1 is 1.42 bits per heavy atom.